The fourth-order valence-electron chi connectivity index (χ4n) is 3.92. The maximum absolute atomic E-state index is 12.6. The second kappa shape index (κ2) is 8.38. The fraction of sp³-hybridized carbons (Fsp3) is 0.882. The standard InChI is InChI=1S/C17H27F3N2O3/c1-2-22(10-16(24)25)14-8-13(9-14)21-15(23)7-11-3-5-12(6-4-11)17(18,19)20/h11-14H,2-10H2,1H3,(H,21,23)(H,24,25). The van der Waals surface area contributed by atoms with Gasteiger partial charge in [0, 0.05) is 18.5 Å². The Morgan fingerprint density at radius 1 is 1.16 bits per heavy atom. The van der Waals surface area contributed by atoms with E-state index >= 15 is 0 Å². The van der Waals surface area contributed by atoms with Gasteiger partial charge in [0.1, 0.15) is 0 Å². The minimum atomic E-state index is -4.12. The molecule has 0 aromatic carbocycles. The SMILES string of the molecule is CCN(CC(=O)O)C1CC(NC(=O)CC2CCC(C(F)(F)F)CC2)C1. The first-order valence-electron chi connectivity index (χ1n) is 9.01. The molecule has 0 aliphatic heterocycles. The highest BCUT2D eigenvalue weighted by atomic mass is 19.4. The van der Waals surface area contributed by atoms with Crippen LogP contribution in [0, 0.1) is 11.8 Å². The van der Waals surface area contributed by atoms with Gasteiger partial charge in [-0.15, -0.1) is 0 Å². The van der Waals surface area contributed by atoms with Gasteiger partial charge in [-0.25, -0.2) is 0 Å². The van der Waals surface area contributed by atoms with Crippen molar-refractivity contribution < 1.29 is 27.9 Å². The Bertz CT molecular complexity index is 470. The number of alkyl halides is 3. The molecule has 8 heteroatoms. The van der Waals surface area contributed by atoms with Crippen LogP contribution in [0.3, 0.4) is 0 Å². The molecular formula is C17H27F3N2O3. The molecule has 0 heterocycles. The third-order valence-electron chi connectivity index (χ3n) is 5.52. The molecule has 0 aromatic rings. The number of aliphatic carboxylic acids is 1. The van der Waals surface area contributed by atoms with Crippen molar-refractivity contribution in [2.45, 2.75) is 70.1 Å². The van der Waals surface area contributed by atoms with Crippen molar-refractivity contribution in [3.63, 3.8) is 0 Å². The van der Waals surface area contributed by atoms with E-state index in [1.54, 1.807) is 0 Å². The van der Waals surface area contributed by atoms with E-state index in [-0.39, 0.29) is 43.3 Å². The van der Waals surface area contributed by atoms with Gasteiger partial charge in [-0.3, -0.25) is 14.5 Å². The van der Waals surface area contributed by atoms with E-state index in [1.165, 1.54) is 0 Å². The lowest BCUT2D eigenvalue weighted by atomic mass is 9.79. The molecule has 2 aliphatic rings. The Hall–Kier alpha value is -1.31. The summed E-state index contributed by atoms with van der Waals surface area (Å²) in [7, 11) is 0. The number of rotatable bonds is 7. The van der Waals surface area contributed by atoms with Crippen molar-refractivity contribution in [3.8, 4) is 0 Å². The number of carboxylic acids is 1. The van der Waals surface area contributed by atoms with E-state index in [1.807, 2.05) is 11.8 Å². The molecule has 144 valence electrons. The zero-order valence-electron chi connectivity index (χ0n) is 14.5. The van der Waals surface area contributed by atoms with Gasteiger partial charge in [-0.2, -0.15) is 13.2 Å². The molecule has 2 aliphatic carbocycles. The number of likely N-dealkylation sites (N-methyl/N-ethyl adjacent to an activating group) is 1. The van der Waals surface area contributed by atoms with E-state index in [2.05, 4.69) is 5.32 Å². The monoisotopic (exact) mass is 364 g/mol. The van der Waals surface area contributed by atoms with E-state index in [9.17, 15) is 22.8 Å². The van der Waals surface area contributed by atoms with Crippen LogP contribution in [-0.2, 0) is 9.59 Å². The van der Waals surface area contributed by atoms with Crippen LogP contribution in [0.5, 0.6) is 0 Å². The van der Waals surface area contributed by atoms with E-state index < -0.39 is 18.1 Å². The minimum Gasteiger partial charge on any atom is -0.480 e. The molecule has 0 aromatic heterocycles. The van der Waals surface area contributed by atoms with Crippen molar-refractivity contribution in [3.05, 3.63) is 0 Å². The maximum Gasteiger partial charge on any atom is 0.391 e. The summed E-state index contributed by atoms with van der Waals surface area (Å²) in [5, 5.41) is 11.8. The molecule has 1 amide bonds. The van der Waals surface area contributed by atoms with Gasteiger partial charge < -0.3 is 10.4 Å². The van der Waals surface area contributed by atoms with Crippen LogP contribution in [0.25, 0.3) is 0 Å². The number of carbonyl (C=O) groups excluding carboxylic acids is 1. The smallest absolute Gasteiger partial charge is 0.391 e. The highest BCUT2D eigenvalue weighted by molar-refractivity contribution is 5.76. The Morgan fingerprint density at radius 2 is 1.76 bits per heavy atom. The number of carbonyl (C=O) groups is 2. The average Bonchev–Trinajstić information content (AvgIpc) is 2.48. The van der Waals surface area contributed by atoms with Crippen molar-refractivity contribution in [2.24, 2.45) is 11.8 Å². The predicted octanol–water partition coefficient (Wildman–Crippen LogP) is 2.80. The number of nitrogens with one attached hydrogen (secondary N) is 1. The third kappa shape index (κ3) is 5.87. The normalized spacial score (nSPS) is 30.0. The zero-order chi connectivity index (χ0) is 18.6. The second-order valence-corrected chi connectivity index (χ2v) is 7.31. The van der Waals surface area contributed by atoms with Crippen LogP contribution in [0.15, 0.2) is 0 Å². The number of amides is 1. The summed E-state index contributed by atoms with van der Waals surface area (Å²) >= 11 is 0. The maximum atomic E-state index is 12.6. The molecule has 2 N–H and O–H groups in total. The Kier molecular flexibility index (Phi) is 6.71. The molecule has 0 spiro atoms. The number of hydrogen-bond donors (Lipinski definition) is 2. The predicted molar refractivity (Wildman–Crippen MR) is 86.0 cm³/mol. The van der Waals surface area contributed by atoms with Crippen LogP contribution < -0.4 is 5.32 Å². The second-order valence-electron chi connectivity index (χ2n) is 7.31. The molecular weight excluding hydrogens is 337 g/mol. The van der Waals surface area contributed by atoms with Gasteiger partial charge in [0.25, 0.3) is 0 Å². The van der Waals surface area contributed by atoms with E-state index in [0.717, 1.165) is 12.8 Å². The molecule has 2 rings (SSSR count). The van der Waals surface area contributed by atoms with Crippen molar-refractivity contribution in [1.29, 1.82) is 0 Å². The molecule has 0 saturated heterocycles. The number of hydrogen-bond acceptors (Lipinski definition) is 3. The number of nitrogens with zero attached hydrogens (tertiary/aromatic N) is 1. The van der Waals surface area contributed by atoms with Crippen LogP contribution in [0.1, 0.15) is 51.9 Å². The van der Waals surface area contributed by atoms with Gasteiger partial charge in [0.2, 0.25) is 5.91 Å². The first-order valence-corrected chi connectivity index (χ1v) is 9.01. The third-order valence-corrected chi connectivity index (χ3v) is 5.52. The van der Waals surface area contributed by atoms with Crippen LogP contribution in [0.2, 0.25) is 0 Å². The fourth-order valence-corrected chi connectivity index (χ4v) is 3.92. The molecule has 5 nitrogen and oxygen atoms in total. The quantitative estimate of drug-likeness (QED) is 0.729. The Morgan fingerprint density at radius 3 is 2.24 bits per heavy atom. The van der Waals surface area contributed by atoms with Crippen molar-refractivity contribution in [2.75, 3.05) is 13.1 Å². The van der Waals surface area contributed by atoms with Crippen LogP contribution in [-0.4, -0.2) is 53.2 Å². The lowest BCUT2D eigenvalue weighted by Crippen LogP contribution is -2.55. The Balaban J connectivity index is 1.65. The molecule has 0 atom stereocenters. The summed E-state index contributed by atoms with van der Waals surface area (Å²) < 4.78 is 37.9. The number of halogens is 3. The zero-order valence-corrected chi connectivity index (χ0v) is 14.5. The first-order chi connectivity index (χ1) is 11.7. The highest BCUT2D eigenvalue weighted by Crippen LogP contribution is 2.40. The lowest BCUT2D eigenvalue weighted by molar-refractivity contribution is -0.184. The Labute approximate surface area is 145 Å². The van der Waals surface area contributed by atoms with E-state index in [0.29, 0.717) is 25.8 Å². The van der Waals surface area contributed by atoms with Gasteiger partial charge in [-0.1, -0.05) is 6.92 Å². The summed E-state index contributed by atoms with van der Waals surface area (Å²) in [5.41, 5.74) is 0. The topological polar surface area (TPSA) is 69.6 Å². The highest BCUT2D eigenvalue weighted by Gasteiger charge is 2.41. The van der Waals surface area contributed by atoms with E-state index in [4.69, 9.17) is 5.11 Å². The molecule has 0 bridgehead atoms. The molecule has 2 fully saturated rings. The summed E-state index contributed by atoms with van der Waals surface area (Å²) in [5.74, 6) is -2.13. The van der Waals surface area contributed by atoms with Gasteiger partial charge in [0.15, 0.2) is 0 Å². The summed E-state index contributed by atoms with van der Waals surface area (Å²) in [6.45, 7) is 2.57. The summed E-state index contributed by atoms with van der Waals surface area (Å²) in [6, 6.07) is 0.223. The average molecular weight is 364 g/mol. The van der Waals surface area contributed by atoms with Crippen LogP contribution >= 0.6 is 0 Å². The van der Waals surface area contributed by atoms with Gasteiger partial charge in [-0.05, 0) is 51.0 Å². The minimum absolute atomic E-state index is 0.00425. The summed E-state index contributed by atoms with van der Waals surface area (Å²) in [6.07, 6.45) is -1.23. The van der Waals surface area contributed by atoms with Gasteiger partial charge in [0.05, 0.1) is 12.5 Å². The lowest BCUT2D eigenvalue weighted by Gasteiger charge is -2.42. The molecule has 0 radical (unpaired) electrons. The summed E-state index contributed by atoms with van der Waals surface area (Å²) in [4.78, 5) is 24.8. The first kappa shape index (κ1) is 20.0. The van der Waals surface area contributed by atoms with Crippen LogP contribution in [0.4, 0.5) is 13.2 Å². The van der Waals surface area contributed by atoms with Gasteiger partial charge >= 0.3 is 12.1 Å². The van der Waals surface area contributed by atoms with Crippen molar-refractivity contribution >= 4 is 11.9 Å². The molecule has 0 unspecified atom stereocenters. The van der Waals surface area contributed by atoms with Crippen molar-refractivity contribution in [1.82, 2.24) is 10.2 Å². The largest absolute Gasteiger partial charge is 0.480 e. The molecule has 25 heavy (non-hydrogen) atoms. The number of carboxylic acid groups (broad SMARTS) is 1. The molecule has 2 saturated carbocycles.